The molecule has 1 atom stereocenters. The fraction of sp³-hybridized carbons (Fsp3) is 0.118. The maximum Gasteiger partial charge on any atom is 0.226 e. The summed E-state index contributed by atoms with van der Waals surface area (Å²) in [6.07, 6.45) is 5.36. The number of benzene rings is 1. The van der Waals surface area contributed by atoms with Crippen LogP contribution in [-0.2, 0) is 4.79 Å². The monoisotopic (exact) mass is 308 g/mol. The maximum atomic E-state index is 13.1. The number of carbonyl (C=O) groups is 1. The van der Waals surface area contributed by atoms with E-state index < -0.39 is 0 Å². The lowest BCUT2D eigenvalue weighted by Crippen LogP contribution is -2.24. The van der Waals surface area contributed by atoms with Crippen molar-refractivity contribution < 1.29 is 9.18 Å². The largest absolute Gasteiger partial charge is 0.310 e. The van der Waals surface area contributed by atoms with Crippen LogP contribution in [0.5, 0.6) is 0 Å². The first-order chi connectivity index (χ1) is 11.2. The van der Waals surface area contributed by atoms with Gasteiger partial charge in [-0.3, -0.25) is 14.3 Å². The van der Waals surface area contributed by atoms with E-state index in [9.17, 15) is 9.18 Å². The van der Waals surface area contributed by atoms with Crippen LogP contribution in [0.2, 0.25) is 0 Å². The minimum absolute atomic E-state index is 0.0857. The van der Waals surface area contributed by atoms with Crippen LogP contribution in [0.25, 0.3) is 5.69 Å². The van der Waals surface area contributed by atoms with Crippen LogP contribution < -0.4 is 5.32 Å². The predicted molar refractivity (Wildman–Crippen MR) is 82.8 cm³/mol. The first-order valence-electron chi connectivity index (χ1n) is 7.25. The number of nitrogens with one attached hydrogen (secondary N) is 1. The van der Waals surface area contributed by atoms with E-state index in [2.05, 4.69) is 15.3 Å². The minimum atomic E-state index is -0.296. The smallest absolute Gasteiger partial charge is 0.226 e. The van der Waals surface area contributed by atoms with Crippen molar-refractivity contribution in [3.05, 3.63) is 72.2 Å². The molecule has 1 aromatic carbocycles. The molecule has 4 rings (SSSR count). The van der Waals surface area contributed by atoms with E-state index in [1.54, 1.807) is 35.4 Å². The molecule has 114 valence electrons. The van der Waals surface area contributed by atoms with Gasteiger partial charge in [0.25, 0.3) is 0 Å². The molecule has 5 nitrogen and oxygen atoms in total. The molecule has 0 saturated heterocycles. The topological polar surface area (TPSA) is 59.8 Å². The molecule has 1 amide bonds. The van der Waals surface area contributed by atoms with Crippen molar-refractivity contribution in [1.82, 2.24) is 14.5 Å². The minimum Gasteiger partial charge on any atom is -0.310 e. The summed E-state index contributed by atoms with van der Waals surface area (Å²) in [7, 11) is 0. The second-order valence-electron chi connectivity index (χ2n) is 5.42. The molecule has 0 spiro atoms. The van der Waals surface area contributed by atoms with E-state index in [1.807, 2.05) is 12.1 Å². The average Bonchev–Trinajstić information content (AvgIpc) is 2.99. The van der Waals surface area contributed by atoms with Crippen molar-refractivity contribution in [3.63, 3.8) is 0 Å². The molecule has 6 heteroatoms. The van der Waals surface area contributed by atoms with Crippen LogP contribution in [-0.4, -0.2) is 20.4 Å². The third kappa shape index (κ3) is 2.38. The molecular formula is C17H13FN4O. The number of carbonyl (C=O) groups excluding carboxylic acids is 1. The van der Waals surface area contributed by atoms with Crippen molar-refractivity contribution in [2.75, 3.05) is 5.32 Å². The van der Waals surface area contributed by atoms with E-state index in [1.165, 1.54) is 12.1 Å². The van der Waals surface area contributed by atoms with Gasteiger partial charge in [0, 0.05) is 18.5 Å². The van der Waals surface area contributed by atoms with Gasteiger partial charge in [-0.05, 0) is 29.8 Å². The van der Waals surface area contributed by atoms with E-state index in [-0.39, 0.29) is 17.6 Å². The van der Waals surface area contributed by atoms with Crippen molar-refractivity contribution in [1.29, 1.82) is 0 Å². The maximum absolute atomic E-state index is 13.1. The molecular weight excluding hydrogens is 295 g/mol. The number of rotatable bonds is 2. The SMILES string of the molecule is O=C1C[C@H](c2ccc(F)cc2)c2ncn(-c3cccnc3)c2N1. The summed E-state index contributed by atoms with van der Waals surface area (Å²) in [4.78, 5) is 20.7. The zero-order valence-electron chi connectivity index (χ0n) is 12.1. The molecule has 0 bridgehead atoms. The van der Waals surface area contributed by atoms with Gasteiger partial charge < -0.3 is 5.32 Å². The highest BCUT2D eigenvalue weighted by Crippen LogP contribution is 2.37. The number of hydrogen-bond donors (Lipinski definition) is 1. The van der Waals surface area contributed by atoms with Gasteiger partial charge >= 0.3 is 0 Å². The molecule has 1 N–H and O–H groups in total. The Hall–Kier alpha value is -3.02. The van der Waals surface area contributed by atoms with Crippen LogP contribution in [0.4, 0.5) is 10.2 Å². The molecule has 1 aliphatic rings. The highest BCUT2D eigenvalue weighted by atomic mass is 19.1. The summed E-state index contributed by atoms with van der Waals surface area (Å²) < 4.78 is 14.9. The lowest BCUT2D eigenvalue weighted by molar-refractivity contribution is -0.116. The summed E-state index contributed by atoms with van der Waals surface area (Å²) in [6.45, 7) is 0. The van der Waals surface area contributed by atoms with Gasteiger partial charge in [-0.25, -0.2) is 9.37 Å². The summed E-state index contributed by atoms with van der Waals surface area (Å²) >= 11 is 0. The fourth-order valence-electron chi connectivity index (χ4n) is 2.87. The lowest BCUT2D eigenvalue weighted by atomic mass is 9.90. The Kier molecular flexibility index (Phi) is 3.15. The second-order valence-corrected chi connectivity index (χ2v) is 5.42. The van der Waals surface area contributed by atoms with Gasteiger partial charge in [-0.15, -0.1) is 0 Å². The Morgan fingerprint density at radius 3 is 2.78 bits per heavy atom. The van der Waals surface area contributed by atoms with Gasteiger partial charge in [0.15, 0.2) is 0 Å². The third-order valence-corrected chi connectivity index (χ3v) is 3.97. The Morgan fingerprint density at radius 1 is 1.22 bits per heavy atom. The van der Waals surface area contributed by atoms with Crippen LogP contribution in [0, 0.1) is 5.82 Å². The van der Waals surface area contributed by atoms with Crippen LogP contribution in [0.3, 0.4) is 0 Å². The summed E-state index contributed by atoms with van der Waals surface area (Å²) in [5.74, 6) is 0.0773. The highest BCUT2D eigenvalue weighted by molar-refractivity contribution is 5.94. The molecule has 2 aromatic heterocycles. The molecule has 0 fully saturated rings. The van der Waals surface area contributed by atoms with E-state index >= 15 is 0 Å². The number of imidazole rings is 1. The van der Waals surface area contributed by atoms with Crippen molar-refractivity contribution in [2.24, 2.45) is 0 Å². The third-order valence-electron chi connectivity index (χ3n) is 3.97. The predicted octanol–water partition coefficient (Wildman–Crippen LogP) is 2.88. The molecule has 1 aliphatic heterocycles. The highest BCUT2D eigenvalue weighted by Gasteiger charge is 2.30. The number of anilines is 1. The second kappa shape index (κ2) is 5.31. The van der Waals surface area contributed by atoms with E-state index in [0.29, 0.717) is 12.2 Å². The van der Waals surface area contributed by atoms with Gasteiger partial charge in [-0.2, -0.15) is 0 Å². The lowest BCUT2D eigenvalue weighted by Gasteiger charge is -2.23. The normalized spacial score (nSPS) is 16.7. The molecule has 0 unspecified atom stereocenters. The molecule has 0 saturated carbocycles. The molecule has 3 aromatic rings. The fourth-order valence-corrected chi connectivity index (χ4v) is 2.87. The molecule has 0 aliphatic carbocycles. The zero-order chi connectivity index (χ0) is 15.8. The number of pyridine rings is 1. The first kappa shape index (κ1) is 13.6. The molecule has 3 heterocycles. The van der Waals surface area contributed by atoms with Crippen molar-refractivity contribution in [2.45, 2.75) is 12.3 Å². The Bertz CT molecular complexity index is 858. The number of amides is 1. The van der Waals surface area contributed by atoms with Gasteiger partial charge in [0.1, 0.15) is 18.0 Å². The quantitative estimate of drug-likeness (QED) is 0.792. The number of aromatic nitrogens is 3. The standard InChI is InChI=1S/C17H13FN4O/c18-12-5-3-11(4-6-12)14-8-15(23)21-17-16(14)20-10-22(17)13-2-1-7-19-9-13/h1-7,9-10,14H,8H2,(H,21,23)/t14-/m1/s1. The van der Waals surface area contributed by atoms with Crippen LogP contribution in [0.15, 0.2) is 55.1 Å². The number of fused-ring (bicyclic) bond motifs is 1. The number of halogens is 1. The average molecular weight is 308 g/mol. The number of nitrogens with zero attached hydrogens (tertiary/aromatic N) is 3. The Labute approximate surface area is 131 Å². The number of hydrogen-bond acceptors (Lipinski definition) is 3. The van der Waals surface area contributed by atoms with Gasteiger partial charge in [0.05, 0.1) is 17.6 Å². The van der Waals surface area contributed by atoms with E-state index in [4.69, 9.17) is 0 Å². The summed E-state index contributed by atoms with van der Waals surface area (Å²) in [6, 6.07) is 9.92. The van der Waals surface area contributed by atoms with Crippen molar-refractivity contribution in [3.8, 4) is 5.69 Å². The van der Waals surface area contributed by atoms with E-state index in [0.717, 1.165) is 16.9 Å². The Balaban J connectivity index is 1.81. The van der Waals surface area contributed by atoms with Crippen LogP contribution >= 0.6 is 0 Å². The van der Waals surface area contributed by atoms with Gasteiger partial charge in [0.2, 0.25) is 5.91 Å². The summed E-state index contributed by atoms with van der Waals surface area (Å²) in [5.41, 5.74) is 2.47. The van der Waals surface area contributed by atoms with Gasteiger partial charge in [-0.1, -0.05) is 12.1 Å². The Morgan fingerprint density at radius 2 is 2.04 bits per heavy atom. The molecule has 0 radical (unpaired) electrons. The summed E-state index contributed by atoms with van der Waals surface area (Å²) in [5, 5.41) is 2.88. The van der Waals surface area contributed by atoms with Crippen molar-refractivity contribution >= 4 is 11.7 Å². The molecule has 23 heavy (non-hydrogen) atoms. The zero-order valence-corrected chi connectivity index (χ0v) is 12.1. The first-order valence-corrected chi connectivity index (χ1v) is 7.25. The van der Waals surface area contributed by atoms with Crippen LogP contribution in [0.1, 0.15) is 23.6 Å².